The Hall–Kier alpha value is -0.460. The molecule has 1 rings (SSSR count). The van der Waals surface area contributed by atoms with Crippen LogP contribution in [0.4, 0.5) is 26.3 Å². The summed E-state index contributed by atoms with van der Waals surface area (Å²) >= 11 is 0. The smallest absolute Gasteiger partial charge is 0.316 e. The number of alkyl halides is 6. The second-order valence-corrected chi connectivity index (χ2v) is 5.41. The lowest BCUT2D eigenvalue weighted by Crippen LogP contribution is -2.54. The minimum atomic E-state index is -5.27. The second kappa shape index (κ2) is 5.89. The molecule has 3 unspecified atom stereocenters. The van der Waals surface area contributed by atoms with Crippen molar-refractivity contribution in [1.82, 2.24) is 5.32 Å². The molecule has 0 aromatic rings. The molecule has 0 bridgehead atoms. The van der Waals surface area contributed by atoms with Crippen LogP contribution in [0.2, 0.25) is 0 Å². The fourth-order valence-electron chi connectivity index (χ4n) is 3.07. The SMILES string of the molecule is CNC(C1CCCC(C)C1)C(C(F)(F)F)C(F)(F)F. The Morgan fingerprint density at radius 2 is 1.53 bits per heavy atom. The summed E-state index contributed by atoms with van der Waals surface area (Å²) in [6.07, 6.45) is -8.16. The zero-order valence-electron chi connectivity index (χ0n) is 10.9. The van der Waals surface area contributed by atoms with E-state index in [4.69, 9.17) is 0 Å². The molecular weight excluding hydrogens is 272 g/mol. The summed E-state index contributed by atoms with van der Waals surface area (Å²) in [7, 11) is 1.18. The van der Waals surface area contributed by atoms with Crippen molar-refractivity contribution >= 4 is 0 Å². The van der Waals surface area contributed by atoms with Gasteiger partial charge in [-0.2, -0.15) is 26.3 Å². The van der Waals surface area contributed by atoms with Gasteiger partial charge in [-0.25, -0.2) is 0 Å². The van der Waals surface area contributed by atoms with Gasteiger partial charge in [0.05, 0.1) is 0 Å². The summed E-state index contributed by atoms with van der Waals surface area (Å²) in [5, 5.41) is 2.27. The Morgan fingerprint density at radius 1 is 1.00 bits per heavy atom. The van der Waals surface area contributed by atoms with E-state index < -0.39 is 30.2 Å². The van der Waals surface area contributed by atoms with Crippen molar-refractivity contribution in [2.75, 3.05) is 7.05 Å². The summed E-state index contributed by atoms with van der Waals surface area (Å²) in [6.45, 7) is 1.87. The molecule has 1 nitrogen and oxygen atoms in total. The molecule has 7 heteroatoms. The monoisotopic (exact) mass is 291 g/mol. The van der Waals surface area contributed by atoms with Crippen LogP contribution in [0.3, 0.4) is 0 Å². The average Bonchev–Trinajstić information content (AvgIpc) is 2.21. The molecule has 0 spiro atoms. The van der Waals surface area contributed by atoms with Crippen LogP contribution in [0.25, 0.3) is 0 Å². The van der Waals surface area contributed by atoms with Gasteiger partial charge in [-0.3, -0.25) is 0 Å². The number of nitrogens with one attached hydrogen (secondary N) is 1. The maximum atomic E-state index is 12.7. The van der Waals surface area contributed by atoms with Gasteiger partial charge in [-0.15, -0.1) is 0 Å². The summed E-state index contributed by atoms with van der Waals surface area (Å²) in [4.78, 5) is 0. The Labute approximate surface area is 108 Å². The largest absolute Gasteiger partial charge is 0.402 e. The van der Waals surface area contributed by atoms with Crippen molar-refractivity contribution in [3.8, 4) is 0 Å². The van der Waals surface area contributed by atoms with Gasteiger partial charge in [0.1, 0.15) is 0 Å². The van der Waals surface area contributed by atoms with Crippen LogP contribution in [-0.4, -0.2) is 25.4 Å². The van der Waals surface area contributed by atoms with Gasteiger partial charge in [0, 0.05) is 6.04 Å². The molecule has 0 aromatic heterocycles. The van der Waals surface area contributed by atoms with E-state index in [-0.39, 0.29) is 5.92 Å². The molecule has 0 aliphatic heterocycles. The predicted octanol–water partition coefficient (Wildman–Crippen LogP) is 4.14. The van der Waals surface area contributed by atoms with E-state index in [2.05, 4.69) is 5.32 Å². The van der Waals surface area contributed by atoms with Crippen LogP contribution in [0, 0.1) is 17.8 Å². The fraction of sp³-hybridized carbons (Fsp3) is 1.00. The Bertz CT molecular complexity index is 271. The Balaban J connectivity index is 2.96. The molecule has 0 amide bonds. The fourth-order valence-corrected chi connectivity index (χ4v) is 3.07. The van der Waals surface area contributed by atoms with Gasteiger partial charge in [0.15, 0.2) is 5.92 Å². The van der Waals surface area contributed by atoms with Crippen molar-refractivity contribution in [2.24, 2.45) is 17.8 Å². The van der Waals surface area contributed by atoms with Gasteiger partial charge in [0.2, 0.25) is 0 Å². The molecule has 1 aliphatic carbocycles. The van der Waals surface area contributed by atoms with E-state index in [1.807, 2.05) is 6.92 Å². The van der Waals surface area contributed by atoms with Crippen LogP contribution in [0.5, 0.6) is 0 Å². The van der Waals surface area contributed by atoms with E-state index in [0.717, 1.165) is 6.42 Å². The van der Waals surface area contributed by atoms with Crippen LogP contribution in [-0.2, 0) is 0 Å². The van der Waals surface area contributed by atoms with Crippen molar-refractivity contribution < 1.29 is 26.3 Å². The number of halogens is 6. The van der Waals surface area contributed by atoms with Crippen molar-refractivity contribution in [3.05, 3.63) is 0 Å². The normalized spacial score (nSPS) is 27.6. The van der Waals surface area contributed by atoms with E-state index in [0.29, 0.717) is 19.3 Å². The standard InChI is InChI=1S/C12H19F6N/c1-7-4-3-5-8(6-7)9(19-2)10(11(13,14)15)12(16,17)18/h7-10,19H,3-6H2,1-2H3. The van der Waals surface area contributed by atoms with Crippen LogP contribution >= 0.6 is 0 Å². The predicted molar refractivity (Wildman–Crippen MR) is 59.6 cm³/mol. The zero-order valence-corrected chi connectivity index (χ0v) is 10.9. The van der Waals surface area contributed by atoms with Crippen LogP contribution in [0.15, 0.2) is 0 Å². The second-order valence-electron chi connectivity index (χ2n) is 5.41. The maximum Gasteiger partial charge on any atom is 0.402 e. The lowest BCUT2D eigenvalue weighted by molar-refractivity contribution is -0.295. The third-order valence-electron chi connectivity index (χ3n) is 3.88. The maximum absolute atomic E-state index is 12.7. The Kier molecular flexibility index (Phi) is 5.15. The topological polar surface area (TPSA) is 12.0 Å². The molecule has 3 atom stereocenters. The molecule has 0 heterocycles. The highest BCUT2D eigenvalue weighted by atomic mass is 19.4. The number of hydrogen-bond acceptors (Lipinski definition) is 1. The highest BCUT2D eigenvalue weighted by Crippen LogP contribution is 2.45. The van der Waals surface area contributed by atoms with E-state index in [1.54, 1.807) is 0 Å². The van der Waals surface area contributed by atoms with E-state index >= 15 is 0 Å². The van der Waals surface area contributed by atoms with Crippen molar-refractivity contribution in [2.45, 2.75) is 51.0 Å². The highest BCUT2D eigenvalue weighted by Gasteiger charge is 2.61. The van der Waals surface area contributed by atoms with Gasteiger partial charge in [0.25, 0.3) is 0 Å². The third kappa shape index (κ3) is 4.26. The first kappa shape index (κ1) is 16.6. The molecule has 1 N–H and O–H groups in total. The molecular formula is C12H19F6N. The highest BCUT2D eigenvalue weighted by molar-refractivity contribution is 4.92. The summed E-state index contributed by atoms with van der Waals surface area (Å²) in [5.41, 5.74) is 0. The zero-order chi connectivity index (χ0) is 14.8. The van der Waals surface area contributed by atoms with E-state index in [9.17, 15) is 26.3 Å². The lowest BCUT2D eigenvalue weighted by atomic mass is 9.74. The molecule has 1 saturated carbocycles. The van der Waals surface area contributed by atoms with E-state index in [1.165, 1.54) is 7.05 Å². The summed E-state index contributed by atoms with van der Waals surface area (Å²) in [6, 6.07) is -1.59. The average molecular weight is 291 g/mol. The molecule has 0 radical (unpaired) electrons. The quantitative estimate of drug-likeness (QED) is 0.771. The van der Waals surface area contributed by atoms with Gasteiger partial charge >= 0.3 is 12.4 Å². The first-order valence-corrected chi connectivity index (χ1v) is 6.38. The molecule has 1 aliphatic rings. The third-order valence-corrected chi connectivity index (χ3v) is 3.88. The van der Waals surface area contributed by atoms with Gasteiger partial charge in [-0.1, -0.05) is 19.8 Å². The Morgan fingerprint density at radius 3 is 1.89 bits per heavy atom. The first-order chi connectivity index (χ1) is 8.57. The van der Waals surface area contributed by atoms with Crippen molar-refractivity contribution in [1.29, 1.82) is 0 Å². The molecule has 0 saturated heterocycles. The summed E-state index contributed by atoms with van der Waals surface area (Å²) in [5.74, 6) is -3.70. The molecule has 1 fully saturated rings. The van der Waals surface area contributed by atoms with Gasteiger partial charge < -0.3 is 5.32 Å². The lowest BCUT2D eigenvalue weighted by Gasteiger charge is -2.39. The number of hydrogen-bond donors (Lipinski definition) is 1. The molecule has 0 aromatic carbocycles. The van der Waals surface area contributed by atoms with Gasteiger partial charge in [-0.05, 0) is 31.7 Å². The molecule has 114 valence electrons. The molecule has 19 heavy (non-hydrogen) atoms. The van der Waals surface area contributed by atoms with Crippen LogP contribution < -0.4 is 5.32 Å². The minimum Gasteiger partial charge on any atom is -0.316 e. The minimum absolute atomic E-state index is 0.178. The van der Waals surface area contributed by atoms with Crippen LogP contribution in [0.1, 0.15) is 32.6 Å². The first-order valence-electron chi connectivity index (χ1n) is 6.38. The number of rotatable bonds is 3. The summed E-state index contributed by atoms with van der Waals surface area (Å²) < 4.78 is 76.5. The van der Waals surface area contributed by atoms with Crippen molar-refractivity contribution in [3.63, 3.8) is 0 Å².